The Morgan fingerprint density at radius 2 is 1.61 bits per heavy atom. The maximum absolute atomic E-state index is 10.1. The van der Waals surface area contributed by atoms with Crippen molar-refractivity contribution in [3.8, 4) is 0 Å². The number of carbonyl (C=O) groups is 1. The van der Waals surface area contributed by atoms with Crippen LogP contribution in [0.5, 0.6) is 0 Å². The number of rotatable bonds is 5. The van der Waals surface area contributed by atoms with E-state index in [1.54, 1.807) is 6.08 Å². The van der Waals surface area contributed by atoms with Crippen LogP contribution in [0, 0.1) is 0 Å². The third-order valence-electron chi connectivity index (χ3n) is 2.56. The number of hydrogen-bond donors (Lipinski definition) is 1. The van der Waals surface area contributed by atoms with Gasteiger partial charge in [0.2, 0.25) is 0 Å². The minimum absolute atomic E-state index is 0.898. The molecule has 0 aromatic heterocycles. The highest BCUT2D eigenvalue weighted by Crippen LogP contribution is 1.99. The summed E-state index contributed by atoms with van der Waals surface area (Å²) in [6.45, 7) is 10.1. The third-order valence-corrected chi connectivity index (χ3v) is 2.56. The summed E-state index contributed by atoms with van der Waals surface area (Å²) in [6.07, 6.45) is 2.68. The molecular weight excluding hydrogens is 226 g/mol. The zero-order valence-electron chi connectivity index (χ0n) is 11.5. The van der Waals surface area contributed by atoms with E-state index in [1.165, 1.54) is 19.6 Å². The van der Waals surface area contributed by atoms with Crippen LogP contribution in [0.3, 0.4) is 0 Å². The van der Waals surface area contributed by atoms with Crippen molar-refractivity contribution >= 4 is 12.0 Å². The van der Waals surface area contributed by atoms with Gasteiger partial charge in [-0.15, -0.1) is 0 Å². The van der Waals surface area contributed by atoms with Gasteiger partial charge in [0.15, 0.2) is 0 Å². The van der Waals surface area contributed by atoms with Gasteiger partial charge in [0.1, 0.15) is 0 Å². The molecule has 0 fully saturated rings. The Morgan fingerprint density at radius 1 is 1.11 bits per heavy atom. The molecule has 0 saturated carbocycles. The second-order valence-corrected chi connectivity index (χ2v) is 3.70. The molecule has 0 bridgehead atoms. The van der Waals surface area contributed by atoms with Crippen LogP contribution < -0.4 is 0 Å². The van der Waals surface area contributed by atoms with Crippen molar-refractivity contribution in [3.63, 3.8) is 0 Å². The van der Waals surface area contributed by atoms with E-state index in [-0.39, 0.29) is 0 Å². The van der Waals surface area contributed by atoms with Crippen LogP contribution >= 0.6 is 0 Å². The molecule has 0 spiro atoms. The SMILES string of the molecule is CCN(CC)CC.O=C(O)/C=C/c1ccccc1. The molecule has 0 aliphatic carbocycles. The van der Waals surface area contributed by atoms with E-state index in [0.29, 0.717) is 0 Å². The highest BCUT2D eigenvalue weighted by atomic mass is 16.4. The lowest BCUT2D eigenvalue weighted by molar-refractivity contribution is -0.131. The molecule has 0 radical (unpaired) electrons. The minimum atomic E-state index is -0.922. The van der Waals surface area contributed by atoms with Crippen LogP contribution in [0.25, 0.3) is 6.08 Å². The van der Waals surface area contributed by atoms with Crippen LogP contribution in [-0.2, 0) is 4.79 Å². The van der Waals surface area contributed by atoms with Gasteiger partial charge in [-0.05, 0) is 31.3 Å². The van der Waals surface area contributed by atoms with Gasteiger partial charge in [0, 0.05) is 6.08 Å². The Kier molecular flexibility index (Phi) is 9.60. The smallest absolute Gasteiger partial charge is 0.328 e. The Balaban J connectivity index is 0.000000360. The first-order valence-electron chi connectivity index (χ1n) is 6.32. The average Bonchev–Trinajstić information content (AvgIpc) is 2.40. The van der Waals surface area contributed by atoms with E-state index in [1.807, 2.05) is 30.3 Å². The zero-order valence-corrected chi connectivity index (χ0v) is 11.5. The van der Waals surface area contributed by atoms with Crippen molar-refractivity contribution in [2.75, 3.05) is 19.6 Å². The molecule has 0 amide bonds. The molecule has 100 valence electrons. The normalized spacial score (nSPS) is 10.2. The monoisotopic (exact) mass is 249 g/mol. The molecule has 0 heterocycles. The molecule has 0 atom stereocenters. The van der Waals surface area contributed by atoms with E-state index < -0.39 is 5.97 Å². The number of carboxylic acid groups (broad SMARTS) is 1. The summed E-state index contributed by atoms with van der Waals surface area (Å²) in [5, 5.41) is 8.29. The molecule has 0 saturated heterocycles. The number of benzene rings is 1. The van der Waals surface area contributed by atoms with Crippen molar-refractivity contribution in [3.05, 3.63) is 42.0 Å². The fourth-order valence-electron chi connectivity index (χ4n) is 1.40. The molecule has 0 aliphatic heterocycles. The van der Waals surface area contributed by atoms with E-state index in [2.05, 4.69) is 25.7 Å². The predicted molar refractivity (Wildman–Crippen MR) is 76.6 cm³/mol. The largest absolute Gasteiger partial charge is 0.478 e. The van der Waals surface area contributed by atoms with Gasteiger partial charge in [-0.3, -0.25) is 0 Å². The fraction of sp³-hybridized carbons (Fsp3) is 0.400. The van der Waals surface area contributed by atoms with Crippen LogP contribution in [0.4, 0.5) is 0 Å². The third kappa shape index (κ3) is 8.53. The van der Waals surface area contributed by atoms with Gasteiger partial charge in [-0.1, -0.05) is 51.1 Å². The summed E-state index contributed by atoms with van der Waals surface area (Å²) >= 11 is 0. The number of carboxylic acids is 1. The molecule has 3 heteroatoms. The van der Waals surface area contributed by atoms with Gasteiger partial charge in [0.05, 0.1) is 0 Å². The molecule has 0 aliphatic rings. The Hall–Kier alpha value is -1.61. The Labute approximate surface area is 110 Å². The molecule has 0 unspecified atom stereocenters. The predicted octanol–water partition coefficient (Wildman–Crippen LogP) is 3.13. The van der Waals surface area contributed by atoms with Crippen LogP contribution in [-0.4, -0.2) is 35.6 Å². The molecule has 3 nitrogen and oxygen atoms in total. The van der Waals surface area contributed by atoms with Gasteiger partial charge < -0.3 is 10.0 Å². The lowest BCUT2D eigenvalue weighted by atomic mass is 10.2. The second-order valence-electron chi connectivity index (χ2n) is 3.70. The maximum Gasteiger partial charge on any atom is 0.328 e. The van der Waals surface area contributed by atoms with Crippen molar-refractivity contribution in [1.82, 2.24) is 4.90 Å². The standard InChI is InChI=1S/C9H8O2.C6H15N/c10-9(11)7-6-8-4-2-1-3-5-8;1-4-7(5-2)6-3/h1-7H,(H,10,11);4-6H2,1-3H3/b7-6+;. The van der Waals surface area contributed by atoms with Crippen LogP contribution in [0.15, 0.2) is 36.4 Å². The van der Waals surface area contributed by atoms with E-state index >= 15 is 0 Å². The average molecular weight is 249 g/mol. The summed E-state index contributed by atoms with van der Waals surface area (Å²) in [7, 11) is 0. The highest BCUT2D eigenvalue weighted by molar-refractivity contribution is 5.85. The van der Waals surface area contributed by atoms with E-state index in [0.717, 1.165) is 11.6 Å². The van der Waals surface area contributed by atoms with Gasteiger partial charge >= 0.3 is 5.97 Å². The fourth-order valence-corrected chi connectivity index (χ4v) is 1.40. The highest BCUT2D eigenvalue weighted by Gasteiger charge is 1.89. The van der Waals surface area contributed by atoms with Crippen LogP contribution in [0.1, 0.15) is 26.3 Å². The van der Waals surface area contributed by atoms with Gasteiger partial charge in [-0.25, -0.2) is 4.79 Å². The first kappa shape index (κ1) is 16.4. The topological polar surface area (TPSA) is 40.5 Å². The first-order valence-corrected chi connectivity index (χ1v) is 6.32. The molecular formula is C15H23NO2. The Morgan fingerprint density at radius 3 is 1.94 bits per heavy atom. The first-order chi connectivity index (χ1) is 8.63. The summed E-state index contributed by atoms with van der Waals surface area (Å²) < 4.78 is 0. The van der Waals surface area contributed by atoms with E-state index in [4.69, 9.17) is 5.11 Å². The molecule has 1 N–H and O–H groups in total. The van der Waals surface area contributed by atoms with Crippen LogP contribution in [0.2, 0.25) is 0 Å². The lowest BCUT2D eigenvalue weighted by Gasteiger charge is -2.13. The minimum Gasteiger partial charge on any atom is -0.478 e. The molecule has 1 aromatic carbocycles. The molecule has 1 rings (SSSR count). The molecule has 18 heavy (non-hydrogen) atoms. The van der Waals surface area contributed by atoms with Gasteiger partial charge in [-0.2, -0.15) is 0 Å². The van der Waals surface area contributed by atoms with Crippen molar-refractivity contribution in [2.45, 2.75) is 20.8 Å². The molecule has 1 aromatic rings. The number of nitrogens with zero attached hydrogens (tertiary/aromatic N) is 1. The van der Waals surface area contributed by atoms with Crippen molar-refractivity contribution in [1.29, 1.82) is 0 Å². The van der Waals surface area contributed by atoms with E-state index in [9.17, 15) is 4.79 Å². The number of aliphatic carboxylic acids is 1. The maximum atomic E-state index is 10.1. The van der Waals surface area contributed by atoms with Crippen molar-refractivity contribution < 1.29 is 9.90 Å². The summed E-state index contributed by atoms with van der Waals surface area (Å²) in [5.41, 5.74) is 0.898. The summed E-state index contributed by atoms with van der Waals surface area (Å²) in [6, 6.07) is 9.31. The summed E-state index contributed by atoms with van der Waals surface area (Å²) in [5.74, 6) is -0.922. The second kappa shape index (κ2) is 10.5. The quantitative estimate of drug-likeness (QED) is 0.815. The van der Waals surface area contributed by atoms with Gasteiger partial charge in [0.25, 0.3) is 0 Å². The summed E-state index contributed by atoms with van der Waals surface area (Å²) in [4.78, 5) is 12.5. The number of hydrogen-bond acceptors (Lipinski definition) is 2. The Bertz CT molecular complexity index is 337. The lowest BCUT2D eigenvalue weighted by Crippen LogP contribution is -2.21. The van der Waals surface area contributed by atoms with Crippen molar-refractivity contribution in [2.24, 2.45) is 0 Å². The zero-order chi connectivity index (χ0) is 13.8.